The zero-order valence-electron chi connectivity index (χ0n) is 12.0. The highest BCUT2D eigenvalue weighted by Gasteiger charge is 2.17. The maximum absolute atomic E-state index is 5.70. The van der Waals surface area contributed by atoms with Crippen molar-refractivity contribution in [2.24, 2.45) is 0 Å². The van der Waals surface area contributed by atoms with Crippen LogP contribution in [0.3, 0.4) is 0 Å². The second-order valence-electron chi connectivity index (χ2n) is 4.98. The van der Waals surface area contributed by atoms with Crippen LogP contribution in [0.1, 0.15) is 5.56 Å². The lowest BCUT2D eigenvalue weighted by Gasteiger charge is -2.10. The number of aryl methyl sites for hydroxylation is 2. The summed E-state index contributed by atoms with van der Waals surface area (Å²) in [6, 6.07) is 18.4. The molecular weight excluding hydrogens is 257 g/mol. The quantitative estimate of drug-likeness (QED) is 0.681. The molecule has 0 spiro atoms. The Morgan fingerprint density at radius 2 is 1.71 bits per heavy atom. The minimum Gasteiger partial charge on any atom is -0.245 e. The smallest absolute Gasteiger partial charge is 0.121 e. The van der Waals surface area contributed by atoms with Crippen LogP contribution in [0, 0.1) is 6.92 Å². The summed E-state index contributed by atoms with van der Waals surface area (Å²) in [6.45, 7) is 2.76. The average Bonchev–Trinajstić information content (AvgIpc) is 2.93. The van der Waals surface area contributed by atoms with Crippen molar-refractivity contribution in [2.45, 2.75) is 19.8 Å². The molecule has 0 aliphatic rings. The molecule has 0 saturated heterocycles. The molecule has 0 amide bonds. The van der Waals surface area contributed by atoms with Gasteiger partial charge in [0.25, 0.3) is 0 Å². The van der Waals surface area contributed by atoms with Gasteiger partial charge in [-0.2, -0.15) is 0 Å². The summed E-state index contributed by atoms with van der Waals surface area (Å²) in [7, 11) is 5.70. The zero-order valence-corrected chi connectivity index (χ0v) is 12.0. The van der Waals surface area contributed by atoms with E-state index >= 15 is 0 Å². The van der Waals surface area contributed by atoms with E-state index < -0.39 is 0 Å². The van der Waals surface area contributed by atoms with Crippen molar-refractivity contribution in [1.29, 1.82) is 0 Å². The van der Waals surface area contributed by atoms with Gasteiger partial charge in [0, 0.05) is 17.7 Å². The summed E-state index contributed by atoms with van der Waals surface area (Å²) in [5.74, 6) is 0. The minimum atomic E-state index is 0.538. The largest absolute Gasteiger partial charge is 0.245 e. The fourth-order valence-electron chi connectivity index (χ4n) is 2.49. The first-order chi connectivity index (χ1) is 10.3. The zero-order chi connectivity index (χ0) is 14.7. The second kappa shape index (κ2) is 5.96. The third-order valence-corrected chi connectivity index (χ3v) is 3.52. The van der Waals surface area contributed by atoms with Crippen LogP contribution in [0.25, 0.3) is 22.5 Å². The van der Waals surface area contributed by atoms with Crippen molar-refractivity contribution >= 4 is 7.85 Å². The average molecular weight is 273 g/mol. The molecule has 3 nitrogen and oxygen atoms in total. The van der Waals surface area contributed by atoms with Gasteiger partial charge in [-0.15, -0.1) is 5.10 Å². The van der Waals surface area contributed by atoms with Crippen LogP contribution in [-0.2, 0) is 6.54 Å². The van der Waals surface area contributed by atoms with Gasteiger partial charge in [-0.3, -0.25) is 0 Å². The third-order valence-electron chi connectivity index (χ3n) is 3.52. The molecule has 0 atom stereocenters. The molecule has 0 fully saturated rings. The molecule has 3 aromatic rings. The molecule has 102 valence electrons. The number of nitrogens with zero attached hydrogens (tertiary/aromatic N) is 3. The first-order valence-corrected chi connectivity index (χ1v) is 7.06. The Labute approximate surface area is 126 Å². The number of hydrogen-bond donors (Lipinski definition) is 0. The molecule has 0 saturated carbocycles. The van der Waals surface area contributed by atoms with Gasteiger partial charge in [0.1, 0.15) is 5.69 Å². The Bertz CT molecular complexity index is 735. The van der Waals surface area contributed by atoms with Crippen molar-refractivity contribution in [2.75, 3.05) is 0 Å². The predicted octanol–water partition coefficient (Wildman–Crippen LogP) is 3.51. The third kappa shape index (κ3) is 2.61. The van der Waals surface area contributed by atoms with E-state index in [1.807, 2.05) is 35.0 Å². The van der Waals surface area contributed by atoms with Crippen LogP contribution < -0.4 is 0 Å². The number of hydrogen-bond acceptors (Lipinski definition) is 2. The Kier molecular flexibility index (Phi) is 3.86. The van der Waals surface area contributed by atoms with Crippen LogP contribution in [0.15, 0.2) is 54.6 Å². The SMILES string of the molecule is [B]CCn1nnc(-c2ccccc2)c1-c1ccccc1C. The van der Waals surface area contributed by atoms with E-state index in [4.69, 9.17) is 7.85 Å². The maximum Gasteiger partial charge on any atom is 0.121 e. The first-order valence-electron chi connectivity index (χ1n) is 7.06. The van der Waals surface area contributed by atoms with Crippen LogP contribution in [-0.4, -0.2) is 22.8 Å². The van der Waals surface area contributed by atoms with Crippen molar-refractivity contribution in [1.82, 2.24) is 15.0 Å². The fourth-order valence-corrected chi connectivity index (χ4v) is 2.49. The van der Waals surface area contributed by atoms with Gasteiger partial charge < -0.3 is 0 Å². The molecule has 0 N–H and O–H groups in total. The van der Waals surface area contributed by atoms with Crippen LogP contribution in [0.2, 0.25) is 6.32 Å². The molecule has 1 heterocycles. The van der Waals surface area contributed by atoms with Gasteiger partial charge in [-0.1, -0.05) is 66.1 Å². The number of aromatic nitrogens is 3. The van der Waals surface area contributed by atoms with E-state index in [-0.39, 0.29) is 0 Å². The summed E-state index contributed by atoms with van der Waals surface area (Å²) in [4.78, 5) is 0. The molecule has 2 aromatic carbocycles. The molecule has 21 heavy (non-hydrogen) atoms. The predicted molar refractivity (Wildman–Crippen MR) is 86.2 cm³/mol. The van der Waals surface area contributed by atoms with Crippen molar-refractivity contribution in [3.63, 3.8) is 0 Å². The van der Waals surface area contributed by atoms with Crippen LogP contribution >= 0.6 is 0 Å². The highest BCUT2D eigenvalue weighted by Crippen LogP contribution is 2.32. The minimum absolute atomic E-state index is 0.538. The van der Waals surface area contributed by atoms with E-state index in [0.717, 1.165) is 22.5 Å². The molecule has 0 aliphatic heterocycles. The molecule has 0 bridgehead atoms. The van der Waals surface area contributed by atoms with E-state index in [2.05, 4.69) is 41.5 Å². The maximum atomic E-state index is 5.70. The summed E-state index contributed by atoms with van der Waals surface area (Å²) in [6.07, 6.45) is 0.538. The molecule has 4 heteroatoms. The molecule has 0 aliphatic carbocycles. The Morgan fingerprint density at radius 3 is 2.43 bits per heavy atom. The van der Waals surface area contributed by atoms with Gasteiger partial charge in [-0.05, 0) is 12.5 Å². The van der Waals surface area contributed by atoms with Gasteiger partial charge in [0.05, 0.1) is 13.5 Å². The Hall–Kier alpha value is -2.36. The standard InChI is InChI=1S/C17H16BN3/c1-13-7-5-6-10-15(13)17-16(14-8-3-2-4-9-14)19-20-21(17)12-11-18/h2-10H,11-12H2,1H3. The molecular formula is C17H16BN3. The number of rotatable bonds is 4. The van der Waals surface area contributed by atoms with Crippen molar-refractivity contribution in [3.05, 3.63) is 60.2 Å². The fraction of sp³-hybridized carbons (Fsp3) is 0.176. The molecule has 0 unspecified atom stereocenters. The Balaban J connectivity index is 2.21. The van der Waals surface area contributed by atoms with Crippen molar-refractivity contribution < 1.29 is 0 Å². The van der Waals surface area contributed by atoms with Gasteiger partial charge in [-0.25, -0.2) is 4.68 Å². The normalized spacial score (nSPS) is 10.7. The topological polar surface area (TPSA) is 30.7 Å². The van der Waals surface area contributed by atoms with Gasteiger partial charge >= 0.3 is 0 Å². The molecule has 1 aromatic heterocycles. The number of benzene rings is 2. The van der Waals surface area contributed by atoms with E-state index in [1.165, 1.54) is 5.56 Å². The molecule has 3 rings (SSSR count). The lowest BCUT2D eigenvalue weighted by atomic mass is 10.00. The highest BCUT2D eigenvalue weighted by atomic mass is 15.4. The van der Waals surface area contributed by atoms with Crippen LogP contribution in [0.5, 0.6) is 0 Å². The lowest BCUT2D eigenvalue weighted by Crippen LogP contribution is -2.03. The summed E-state index contributed by atoms with van der Waals surface area (Å²) in [5.41, 5.74) is 5.35. The summed E-state index contributed by atoms with van der Waals surface area (Å²) < 4.78 is 1.89. The van der Waals surface area contributed by atoms with Gasteiger partial charge in [0.2, 0.25) is 0 Å². The molecule has 2 radical (unpaired) electrons. The van der Waals surface area contributed by atoms with Crippen LogP contribution in [0.4, 0.5) is 0 Å². The van der Waals surface area contributed by atoms with Gasteiger partial charge in [0.15, 0.2) is 0 Å². The monoisotopic (exact) mass is 273 g/mol. The highest BCUT2D eigenvalue weighted by molar-refractivity contribution is 6.08. The second-order valence-corrected chi connectivity index (χ2v) is 4.98. The van der Waals surface area contributed by atoms with E-state index in [9.17, 15) is 0 Å². The van der Waals surface area contributed by atoms with E-state index in [0.29, 0.717) is 12.9 Å². The summed E-state index contributed by atoms with van der Waals surface area (Å²) >= 11 is 0. The lowest BCUT2D eigenvalue weighted by molar-refractivity contribution is 0.632. The van der Waals surface area contributed by atoms with E-state index in [1.54, 1.807) is 0 Å². The Morgan fingerprint density at radius 1 is 1.00 bits per heavy atom. The first kappa shape index (κ1) is 13.6. The van der Waals surface area contributed by atoms with Crippen molar-refractivity contribution in [3.8, 4) is 22.5 Å². The summed E-state index contributed by atoms with van der Waals surface area (Å²) in [5, 5.41) is 8.67.